The van der Waals surface area contributed by atoms with Crippen LogP contribution in [-0.4, -0.2) is 56.9 Å². The van der Waals surface area contributed by atoms with E-state index in [1.54, 1.807) is 44.6 Å². The fourth-order valence-corrected chi connectivity index (χ4v) is 3.22. The largest absolute Gasteiger partial charge is 0.497 e. The highest BCUT2D eigenvalue weighted by molar-refractivity contribution is 6.10. The number of hydrogen-bond donors (Lipinski definition) is 1. The molecule has 0 unspecified atom stereocenters. The molecule has 0 spiro atoms. The van der Waals surface area contributed by atoms with E-state index in [4.69, 9.17) is 20.0 Å². The molecule has 1 saturated heterocycles. The molecule has 158 valence electrons. The molecule has 1 N–H and O–H groups in total. The van der Waals surface area contributed by atoms with Crippen LogP contribution in [0.2, 0.25) is 0 Å². The van der Waals surface area contributed by atoms with Crippen molar-refractivity contribution in [2.24, 2.45) is 5.10 Å². The third-order valence-electron chi connectivity index (χ3n) is 4.91. The summed E-state index contributed by atoms with van der Waals surface area (Å²) in [6, 6.07) is 16.1. The Morgan fingerprint density at radius 1 is 0.968 bits per heavy atom. The molecule has 9 heteroatoms. The van der Waals surface area contributed by atoms with Gasteiger partial charge in [-0.1, -0.05) is 0 Å². The Morgan fingerprint density at radius 2 is 1.55 bits per heavy atom. The maximum Gasteiger partial charge on any atom is 0.254 e. The molecule has 0 bridgehead atoms. The Kier molecular flexibility index (Phi) is 6.92. The number of carbonyl (C=O) groups is 1. The molecule has 0 aromatic heterocycles. The first kappa shape index (κ1) is 21.5. The number of benzene rings is 2. The molecule has 0 saturated carbocycles. The SMILES string of the molecule is COc1cc(OC)cc(C(=O)N2CCN(c3ccc(NN=C(C#N)C#N)cc3)CC2)c1. The van der Waals surface area contributed by atoms with Gasteiger partial charge in [-0.25, -0.2) is 0 Å². The molecule has 0 atom stereocenters. The summed E-state index contributed by atoms with van der Waals surface area (Å²) in [5.74, 6) is 1.10. The summed E-state index contributed by atoms with van der Waals surface area (Å²) < 4.78 is 10.5. The molecule has 2 aromatic carbocycles. The second-order valence-corrected chi connectivity index (χ2v) is 6.72. The first-order valence-electron chi connectivity index (χ1n) is 9.59. The number of anilines is 2. The number of nitrogens with one attached hydrogen (secondary N) is 1. The number of piperazine rings is 1. The second-order valence-electron chi connectivity index (χ2n) is 6.72. The van der Waals surface area contributed by atoms with Gasteiger partial charge < -0.3 is 19.3 Å². The van der Waals surface area contributed by atoms with E-state index in [2.05, 4.69) is 15.4 Å². The van der Waals surface area contributed by atoms with Gasteiger partial charge >= 0.3 is 0 Å². The van der Waals surface area contributed by atoms with Crippen molar-refractivity contribution >= 4 is 23.0 Å². The lowest BCUT2D eigenvalue weighted by Gasteiger charge is -2.36. The van der Waals surface area contributed by atoms with E-state index in [0.717, 1.165) is 5.69 Å². The number of hydrazone groups is 1. The molecule has 1 aliphatic heterocycles. The molecule has 1 heterocycles. The monoisotopic (exact) mass is 418 g/mol. The fourth-order valence-electron chi connectivity index (χ4n) is 3.22. The molecule has 31 heavy (non-hydrogen) atoms. The van der Waals surface area contributed by atoms with Crippen molar-refractivity contribution in [2.45, 2.75) is 0 Å². The fraction of sp³-hybridized carbons (Fsp3) is 0.273. The number of amides is 1. The zero-order chi connectivity index (χ0) is 22.2. The van der Waals surface area contributed by atoms with E-state index < -0.39 is 0 Å². The first-order chi connectivity index (χ1) is 15.1. The van der Waals surface area contributed by atoms with E-state index in [1.807, 2.05) is 29.2 Å². The van der Waals surface area contributed by atoms with Gasteiger partial charge in [-0.15, -0.1) is 0 Å². The highest BCUT2D eigenvalue weighted by Gasteiger charge is 2.23. The molecule has 1 fully saturated rings. The summed E-state index contributed by atoms with van der Waals surface area (Å²) in [5.41, 5.74) is 4.68. The van der Waals surface area contributed by atoms with Crippen LogP contribution >= 0.6 is 0 Å². The second kappa shape index (κ2) is 9.99. The smallest absolute Gasteiger partial charge is 0.254 e. The lowest BCUT2D eigenvalue weighted by molar-refractivity contribution is 0.0746. The summed E-state index contributed by atoms with van der Waals surface area (Å²) in [6.07, 6.45) is 0. The van der Waals surface area contributed by atoms with E-state index in [1.165, 1.54) is 0 Å². The van der Waals surface area contributed by atoms with Crippen molar-refractivity contribution in [1.82, 2.24) is 4.90 Å². The molecule has 9 nitrogen and oxygen atoms in total. The number of carbonyl (C=O) groups excluding carboxylic acids is 1. The Morgan fingerprint density at radius 3 is 2.06 bits per heavy atom. The topological polar surface area (TPSA) is 114 Å². The van der Waals surface area contributed by atoms with Crippen LogP contribution < -0.4 is 19.8 Å². The molecular formula is C22H22N6O3. The lowest BCUT2D eigenvalue weighted by Crippen LogP contribution is -2.48. The molecule has 0 radical (unpaired) electrons. The number of methoxy groups -OCH3 is 2. The van der Waals surface area contributed by atoms with Crippen LogP contribution in [0.5, 0.6) is 11.5 Å². The minimum Gasteiger partial charge on any atom is -0.497 e. The van der Waals surface area contributed by atoms with Crippen molar-refractivity contribution < 1.29 is 14.3 Å². The molecule has 3 rings (SSSR count). The predicted octanol–water partition coefficient (Wildman–Crippen LogP) is 2.48. The number of nitrogens with zero attached hydrogens (tertiary/aromatic N) is 5. The van der Waals surface area contributed by atoms with Crippen LogP contribution in [0.25, 0.3) is 0 Å². The van der Waals surface area contributed by atoms with Crippen LogP contribution in [0.3, 0.4) is 0 Å². The van der Waals surface area contributed by atoms with Crippen LogP contribution in [0, 0.1) is 22.7 Å². The highest BCUT2D eigenvalue weighted by atomic mass is 16.5. The van der Waals surface area contributed by atoms with Gasteiger partial charge in [0.25, 0.3) is 5.91 Å². The van der Waals surface area contributed by atoms with Gasteiger partial charge in [-0.2, -0.15) is 15.6 Å². The highest BCUT2D eigenvalue weighted by Crippen LogP contribution is 2.25. The quantitative estimate of drug-likeness (QED) is 0.566. The van der Waals surface area contributed by atoms with Gasteiger partial charge in [0.2, 0.25) is 5.71 Å². The summed E-state index contributed by atoms with van der Waals surface area (Å²) >= 11 is 0. The van der Waals surface area contributed by atoms with E-state index in [-0.39, 0.29) is 11.6 Å². The van der Waals surface area contributed by atoms with Crippen LogP contribution in [0.15, 0.2) is 47.6 Å². The minimum atomic E-state index is -0.237. The van der Waals surface area contributed by atoms with Crippen molar-refractivity contribution in [1.29, 1.82) is 10.5 Å². The average Bonchev–Trinajstić information content (AvgIpc) is 2.84. The Hall–Kier alpha value is -4.24. The Balaban J connectivity index is 1.61. The molecular weight excluding hydrogens is 396 g/mol. The zero-order valence-electron chi connectivity index (χ0n) is 17.3. The Bertz CT molecular complexity index is 1010. The van der Waals surface area contributed by atoms with Crippen molar-refractivity contribution in [3.05, 3.63) is 48.0 Å². The van der Waals surface area contributed by atoms with Gasteiger partial charge in [0.15, 0.2) is 0 Å². The van der Waals surface area contributed by atoms with Gasteiger partial charge in [0, 0.05) is 43.5 Å². The van der Waals surface area contributed by atoms with Crippen molar-refractivity contribution in [3.63, 3.8) is 0 Å². The predicted molar refractivity (Wildman–Crippen MR) is 116 cm³/mol. The van der Waals surface area contributed by atoms with Gasteiger partial charge in [0.1, 0.15) is 23.6 Å². The zero-order valence-corrected chi connectivity index (χ0v) is 17.3. The van der Waals surface area contributed by atoms with Gasteiger partial charge in [-0.05, 0) is 36.4 Å². The summed E-state index contributed by atoms with van der Waals surface area (Å²) in [5, 5.41) is 21.2. The number of ether oxygens (including phenoxy) is 2. The molecule has 0 aliphatic carbocycles. The number of nitriles is 2. The average molecular weight is 418 g/mol. The minimum absolute atomic E-state index is 0.0555. The van der Waals surface area contributed by atoms with Crippen molar-refractivity contribution in [2.75, 3.05) is 50.7 Å². The first-order valence-corrected chi connectivity index (χ1v) is 9.59. The van der Waals surface area contributed by atoms with Crippen molar-refractivity contribution in [3.8, 4) is 23.6 Å². The van der Waals surface area contributed by atoms with Crippen LogP contribution in [0.4, 0.5) is 11.4 Å². The van der Waals surface area contributed by atoms with E-state index >= 15 is 0 Å². The van der Waals surface area contributed by atoms with E-state index in [0.29, 0.717) is 48.9 Å². The van der Waals surface area contributed by atoms with E-state index in [9.17, 15) is 4.79 Å². The molecule has 1 amide bonds. The maximum absolute atomic E-state index is 12.9. The summed E-state index contributed by atoms with van der Waals surface area (Å²) in [6.45, 7) is 2.59. The third-order valence-corrected chi connectivity index (χ3v) is 4.91. The lowest BCUT2D eigenvalue weighted by atomic mass is 10.1. The Labute approximate surface area is 180 Å². The number of hydrogen-bond acceptors (Lipinski definition) is 8. The molecule has 1 aliphatic rings. The van der Waals surface area contributed by atoms with Crippen LogP contribution in [-0.2, 0) is 0 Å². The van der Waals surface area contributed by atoms with Gasteiger partial charge in [0.05, 0.1) is 19.9 Å². The summed E-state index contributed by atoms with van der Waals surface area (Å²) in [7, 11) is 3.11. The third kappa shape index (κ3) is 5.22. The standard InChI is InChI=1S/C22H22N6O3/c1-30-20-11-16(12-21(13-20)31-2)22(29)28-9-7-27(8-10-28)19-5-3-17(4-6-19)25-26-18(14-23)15-24/h3-6,11-13,25H,7-10H2,1-2H3. The maximum atomic E-state index is 12.9. The number of rotatable bonds is 6. The summed E-state index contributed by atoms with van der Waals surface area (Å²) in [4.78, 5) is 16.9. The normalized spacial score (nSPS) is 12.9. The molecule has 2 aromatic rings. The van der Waals surface area contributed by atoms with Crippen LogP contribution in [0.1, 0.15) is 10.4 Å². The van der Waals surface area contributed by atoms with Gasteiger partial charge in [-0.3, -0.25) is 10.2 Å².